The van der Waals surface area contributed by atoms with Crippen molar-refractivity contribution in [3.63, 3.8) is 0 Å². The van der Waals surface area contributed by atoms with Crippen LogP contribution in [-0.4, -0.2) is 14.4 Å². The summed E-state index contributed by atoms with van der Waals surface area (Å²) >= 11 is 3.37. The van der Waals surface area contributed by atoms with Crippen molar-refractivity contribution < 1.29 is 0 Å². The van der Waals surface area contributed by atoms with Crippen LogP contribution >= 0.6 is 15.9 Å². The SMILES string of the molecule is CC(C)c1cn2cc(Br)cnc2n1. The van der Waals surface area contributed by atoms with Crippen LogP contribution in [0.15, 0.2) is 23.1 Å². The second kappa shape index (κ2) is 3.10. The molecule has 0 saturated heterocycles. The third-order valence-corrected chi connectivity index (χ3v) is 2.30. The third kappa shape index (κ3) is 1.58. The molecular formula is C9H10BrN3. The molecule has 0 aliphatic carbocycles. The number of aromatic nitrogens is 3. The van der Waals surface area contributed by atoms with E-state index in [4.69, 9.17) is 0 Å². The molecule has 0 bridgehead atoms. The number of halogens is 1. The van der Waals surface area contributed by atoms with E-state index in [-0.39, 0.29) is 0 Å². The van der Waals surface area contributed by atoms with Crippen LogP contribution in [0.4, 0.5) is 0 Å². The second-order valence-electron chi connectivity index (χ2n) is 3.30. The molecule has 2 aromatic heterocycles. The Kier molecular flexibility index (Phi) is 2.07. The number of rotatable bonds is 1. The van der Waals surface area contributed by atoms with Crippen LogP contribution in [0.25, 0.3) is 5.78 Å². The molecule has 2 aromatic rings. The third-order valence-electron chi connectivity index (χ3n) is 1.89. The van der Waals surface area contributed by atoms with Crippen LogP contribution in [0.3, 0.4) is 0 Å². The van der Waals surface area contributed by atoms with Gasteiger partial charge in [-0.3, -0.25) is 4.40 Å². The van der Waals surface area contributed by atoms with Crippen molar-refractivity contribution in [2.45, 2.75) is 19.8 Å². The van der Waals surface area contributed by atoms with E-state index < -0.39 is 0 Å². The molecule has 0 radical (unpaired) electrons. The van der Waals surface area contributed by atoms with E-state index in [1.54, 1.807) is 6.20 Å². The summed E-state index contributed by atoms with van der Waals surface area (Å²) in [5.74, 6) is 1.20. The molecule has 2 heterocycles. The minimum atomic E-state index is 0.445. The molecule has 0 fully saturated rings. The van der Waals surface area contributed by atoms with Crippen LogP contribution < -0.4 is 0 Å². The van der Waals surface area contributed by atoms with Gasteiger partial charge in [0.25, 0.3) is 0 Å². The van der Waals surface area contributed by atoms with Crippen molar-refractivity contribution in [2.75, 3.05) is 0 Å². The van der Waals surface area contributed by atoms with Crippen molar-refractivity contribution in [3.05, 3.63) is 28.8 Å². The lowest BCUT2D eigenvalue weighted by atomic mass is 10.2. The van der Waals surface area contributed by atoms with Gasteiger partial charge < -0.3 is 0 Å². The van der Waals surface area contributed by atoms with Gasteiger partial charge in [0.05, 0.1) is 10.2 Å². The number of nitrogens with zero attached hydrogens (tertiary/aromatic N) is 3. The standard InChI is InChI=1S/C9H10BrN3/c1-6(2)8-5-13-4-7(10)3-11-9(13)12-8/h3-6H,1-2H3. The number of imidazole rings is 1. The average molecular weight is 240 g/mol. The van der Waals surface area contributed by atoms with Gasteiger partial charge in [0, 0.05) is 18.6 Å². The Balaban J connectivity index is 2.62. The largest absolute Gasteiger partial charge is 0.290 e. The van der Waals surface area contributed by atoms with Crippen LogP contribution in [0, 0.1) is 0 Å². The lowest BCUT2D eigenvalue weighted by Crippen LogP contribution is -1.85. The fraction of sp³-hybridized carbons (Fsp3) is 0.333. The molecule has 2 rings (SSSR count). The monoisotopic (exact) mass is 239 g/mol. The van der Waals surface area contributed by atoms with Crippen molar-refractivity contribution >= 4 is 21.7 Å². The van der Waals surface area contributed by atoms with Crippen molar-refractivity contribution in [1.29, 1.82) is 0 Å². The van der Waals surface area contributed by atoms with Crippen LogP contribution in [0.2, 0.25) is 0 Å². The maximum absolute atomic E-state index is 4.38. The summed E-state index contributed by atoms with van der Waals surface area (Å²) in [6.45, 7) is 4.24. The topological polar surface area (TPSA) is 30.2 Å². The summed E-state index contributed by atoms with van der Waals surface area (Å²) in [5, 5.41) is 0. The van der Waals surface area contributed by atoms with Crippen LogP contribution in [-0.2, 0) is 0 Å². The highest BCUT2D eigenvalue weighted by Gasteiger charge is 2.05. The fourth-order valence-electron chi connectivity index (χ4n) is 1.16. The molecule has 0 N–H and O–H groups in total. The summed E-state index contributed by atoms with van der Waals surface area (Å²) in [5.41, 5.74) is 1.07. The number of hydrogen-bond acceptors (Lipinski definition) is 2. The Labute approximate surface area is 85.0 Å². The van der Waals surface area contributed by atoms with Gasteiger partial charge in [-0.2, -0.15) is 0 Å². The van der Waals surface area contributed by atoms with E-state index >= 15 is 0 Å². The molecule has 0 aliphatic rings. The predicted octanol–water partition coefficient (Wildman–Crippen LogP) is 2.62. The van der Waals surface area contributed by atoms with E-state index in [0.29, 0.717) is 5.92 Å². The predicted molar refractivity (Wildman–Crippen MR) is 54.8 cm³/mol. The van der Waals surface area contributed by atoms with Gasteiger partial charge in [0.15, 0.2) is 0 Å². The van der Waals surface area contributed by atoms with E-state index in [1.165, 1.54) is 0 Å². The lowest BCUT2D eigenvalue weighted by Gasteiger charge is -1.94. The van der Waals surface area contributed by atoms with Gasteiger partial charge in [-0.25, -0.2) is 9.97 Å². The van der Waals surface area contributed by atoms with Crippen molar-refractivity contribution in [2.24, 2.45) is 0 Å². The number of hydrogen-bond donors (Lipinski definition) is 0. The maximum atomic E-state index is 4.38. The van der Waals surface area contributed by atoms with Gasteiger partial charge in [-0.1, -0.05) is 13.8 Å². The van der Waals surface area contributed by atoms with Crippen LogP contribution in [0.5, 0.6) is 0 Å². The molecule has 0 amide bonds. The Hall–Kier alpha value is -0.900. The summed E-state index contributed by atoms with van der Waals surface area (Å²) in [4.78, 5) is 8.57. The van der Waals surface area contributed by atoms with E-state index in [0.717, 1.165) is 15.9 Å². The Morgan fingerprint density at radius 1 is 1.38 bits per heavy atom. The highest BCUT2D eigenvalue weighted by atomic mass is 79.9. The van der Waals surface area contributed by atoms with Crippen LogP contribution in [0.1, 0.15) is 25.5 Å². The smallest absolute Gasteiger partial charge is 0.233 e. The normalized spacial score (nSPS) is 11.4. The molecule has 0 spiro atoms. The second-order valence-corrected chi connectivity index (χ2v) is 4.22. The highest BCUT2D eigenvalue weighted by molar-refractivity contribution is 9.10. The van der Waals surface area contributed by atoms with Crippen molar-refractivity contribution in [1.82, 2.24) is 14.4 Å². The van der Waals surface area contributed by atoms with Gasteiger partial charge in [0.1, 0.15) is 0 Å². The van der Waals surface area contributed by atoms with Gasteiger partial charge in [-0.05, 0) is 21.8 Å². The first-order valence-corrected chi connectivity index (χ1v) is 4.96. The first kappa shape index (κ1) is 8.69. The summed E-state index contributed by atoms with van der Waals surface area (Å²) in [6.07, 6.45) is 5.73. The summed E-state index contributed by atoms with van der Waals surface area (Å²) < 4.78 is 2.90. The quantitative estimate of drug-likeness (QED) is 0.766. The molecule has 0 saturated carbocycles. The minimum absolute atomic E-state index is 0.445. The first-order chi connectivity index (χ1) is 6.16. The molecule has 3 nitrogen and oxygen atoms in total. The Morgan fingerprint density at radius 2 is 2.15 bits per heavy atom. The van der Waals surface area contributed by atoms with E-state index in [1.807, 2.05) is 16.8 Å². The van der Waals surface area contributed by atoms with Gasteiger partial charge in [-0.15, -0.1) is 0 Å². The van der Waals surface area contributed by atoms with Crippen molar-refractivity contribution in [3.8, 4) is 0 Å². The van der Waals surface area contributed by atoms with E-state index in [2.05, 4.69) is 39.7 Å². The molecule has 0 aromatic carbocycles. The van der Waals surface area contributed by atoms with E-state index in [9.17, 15) is 0 Å². The average Bonchev–Trinajstić information content (AvgIpc) is 2.46. The maximum Gasteiger partial charge on any atom is 0.233 e. The zero-order valence-corrected chi connectivity index (χ0v) is 9.12. The zero-order chi connectivity index (χ0) is 9.42. The van der Waals surface area contributed by atoms with Gasteiger partial charge >= 0.3 is 0 Å². The Bertz CT molecular complexity index is 433. The van der Waals surface area contributed by atoms with Gasteiger partial charge in [0.2, 0.25) is 5.78 Å². The first-order valence-electron chi connectivity index (χ1n) is 4.17. The molecule has 0 atom stereocenters. The minimum Gasteiger partial charge on any atom is -0.290 e. The molecule has 0 aliphatic heterocycles. The highest BCUT2D eigenvalue weighted by Crippen LogP contribution is 2.15. The molecule has 68 valence electrons. The molecule has 4 heteroatoms. The number of fused-ring (bicyclic) bond motifs is 1. The summed E-state index contributed by atoms with van der Waals surface area (Å²) in [7, 11) is 0. The summed E-state index contributed by atoms with van der Waals surface area (Å²) in [6, 6.07) is 0. The lowest BCUT2D eigenvalue weighted by molar-refractivity contribution is 0.833. The Morgan fingerprint density at radius 3 is 2.85 bits per heavy atom. The molecule has 13 heavy (non-hydrogen) atoms. The molecular weight excluding hydrogens is 230 g/mol. The zero-order valence-electron chi connectivity index (χ0n) is 7.53. The fourth-order valence-corrected chi connectivity index (χ4v) is 1.48. The molecule has 0 unspecified atom stereocenters.